The molecule has 0 spiro atoms. The Bertz CT molecular complexity index is 638. The van der Waals surface area contributed by atoms with Gasteiger partial charge in [0.1, 0.15) is 5.82 Å². The Morgan fingerprint density at radius 1 is 1.35 bits per heavy atom. The molecule has 0 radical (unpaired) electrons. The maximum Gasteiger partial charge on any atom is 0.221 e. The minimum atomic E-state index is -0.298. The number of rotatable bonds is 3. The largest absolute Gasteiger partial charge is 0.369 e. The summed E-state index contributed by atoms with van der Waals surface area (Å²) in [5.41, 5.74) is 8.32. The highest BCUT2D eigenvalue weighted by atomic mass is 16.1. The van der Waals surface area contributed by atoms with E-state index in [9.17, 15) is 4.79 Å². The maximum atomic E-state index is 11.0. The van der Waals surface area contributed by atoms with Gasteiger partial charge in [-0.3, -0.25) is 4.79 Å². The summed E-state index contributed by atoms with van der Waals surface area (Å²) in [5, 5.41) is 0. The molecule has 1 aromatic carbocycles. The molecule has 1 fully saturated rings. The van der Waals surface area contributed by atoms with Gasteiger partial charge >= 0.3 is 0 Å². The van der Waals surface area contributed by atoms with Crippen LogP contribution in [0.4, 0.5) is 0 Å². The fourth-order valence-corrected chi connectivity index (χ4v) is 3.30. The number of hydrogen-bond donors (Lipinski definition) is 1. The molecule has 2 aromatic rings. The number of aromatic nitrogens is 2. The predicted octanol–water partition coefficient (Wildman–Crippen LogP) is 2.65. The first-order chi connectivity index (χ1) is 9.65. The summed E-state index contributed by atoms with van der Waals surface area (Å²) in [6.45, 7) is 0. The van der Waals surface area contributed by atoms with Crippen molar-refractivity contribution in [3.63, 3.8) is 0 Å². The molecule has 1 aliphatic rings. The molecule has 0 bridgehead atoms. The van der Waals surface area contributed by atoms with Gasteiger partial charge in [0.2, 0.25) is 5.91 Å². The minimum absolute atomic E-state index is 0.283. The van der Waals surface area contributed by atoms with Gasteiger partial charge in [-0.25, -0.2) is 4.98 Å². The summed E-state index contributed by atoms with van der Waals surface area (Å²) in [7, 11) is 2.09. The number of aryl methyl sites for hydroxylation is 1. The number of carbonyl (C=O) groups is 1. The van der Waals surface area contributed by atoms with Crippen LogP contribution in [0.15, 0.2) is 18.2 Å². The van der Waals surface area contributed by atoms with Crippen LogP contribution in [-0.2, 0) is 18.3 Å². The molecular formula is C16H21N3O. The van der Waals surface area contributed by atoms with Gasteiger partial charge in [0.25, 0.3) is 0 Å². The second-order valence-electron chi connectivity index (χ2n) is 5.83. The molecular weight excluding hydrogens is 250 g/mol. The standard InChI is InChI=1S/C16H21N3O/c1-19-14-8-7-11(10-15(17)20)9-13(14)18-16(19)12-5-3-2-4-6-12/h7-9,12H,2-6,10H2,1H3,(H2,17,20). The molecule has 3 rings (SSSR count). The number of amides is 1. The highest BCUT2D eigenvalue weighted by Gasteiger charge is 2.21. The summed E-state index contributed by atoms with van der Waals surface area (Å²) >= 11 is 0. The first kappa shape index (κ1) is 13.2. The van der Waals surface area contributed by atoms with Crippen LogP contribution in [0.25, 0.3) is 11.0 Å². The predicted molar refractivity (Wildman–Crippen MR) is 79.4 cm³/mol. The zero-order valence-corrected chi connectivity index (χ0v) is 11.9. The van der Waals surface area contributed by atoms with Crippen LogP contribution in [0.5, 0.6) is 0 Å². The van der Waals surface area contributed by atoms with E-state index in [0.717, 1.165) is 16.6 Å². The number of fused-ring (bicyclic) bond motifs is 1. The fourth-order valence-electron chi connectivity index (χ4n) is 3.30. The molecule has 4 heteroatoms. The monoisotopic (exact) mass is 271 g/mol. The maximum absolute atomic E-state index is 11.0. The van der Waals surface area contributed by atoms with Gasteiger partial charge in [-0.1, -0.05) is 25.3 Å². The van der Waals surface area contributed by atoms with Gasteiger partial charge in [0, 0.05) is 13.0 Å². The first-order valence-corrected chi connectivity index (χ1v) is 7.38. The molecule has 0 aliphatic heterocycles. The lowest BCUT2D eigenvalue weighted by atomic mass is 9.89. The lowest BCUT2D eigenvalue weighted by molar-refractivity contribution is -0.117. The van der Waals surface area contributed by atoms with Gasteiger partial charge in [-0.05, 0) is 30.5 Å². The SMILES string of the molecule is Cn1c(C2CCCCC2)nc2cc(CC(N)=O)ccc21. The molecule has 0 saturated heterocycles. The average molecular weight is 271 g/mol. The Labute approximate surface area is 119 Å². The van der Waals surface area contributed by atoms with E-state index in [1.54, 1.807) is 0 Å². The first-order valence-electron chi connectivity index (χ1n) is 7.38. The zero-order chi connectivity index (χ0) is 14.1. The lowest BCUT2D eigenvalue weighted by Gasteiger charge is -2.20. The van der Waals surface area contributed by atoms with E-state index in [-0.39, 0.29) is 12.3 Å². The number of nitrogens with two attached hydrogens (primary N) is 1. The van der Waals surface area contributed by atoms with Crippen molar-refractivity contribution in [2.75, 3.05) is 0 Å². The Balaban J connectivity index is 1.97. The Morgan fingerprint density at radius 2 is 2.10 bits per heavy atom. The van der Waals surface area contributed by atoms with E-state index in [2.05, 4.69) is 11.6 Å². The second-order valence-corrected chi connectivity index (χ2v) is 5.83. The summed E-state index contributed by atoms with van der Waals surface area (Å²) in [4.78, 5) is 15.8. The number of imidazole rings is 1. The third-order valence-corrected chi connectivity index (χ3v) is 4.33. The quantitative estimate of drug-likeness (QED) is 0.933. The van der Waals surface area contributed by atoms with E-state index in [0.29, 0.717) is 5.92 Å². The van der Waals surface area contributed by atoms with Crippen molar-refractivity contribution < 1.29 is 4.79 Å². The lowest BCUT2D eigenvalue weighted by Crippen LogP contribution is -2.13. The van der Waals surface area contributed by atoms with Crippen LogP contribution < -0.4 is 5.73 Å². The smallest absolute Gasteiger partial charge is 0.221 e. The number of carbonyl (C=O) groups excluding carboxylic acids is 1. The molecule has 2 N–H and O–H groups in total. The summed E-state index contributed by atoms with van der Waals surface area (Å²) in [5.74, 6) is 1.48. The Hall–Kier alpha value is -1.84. The molecule has 106 valence electrons. The molecule has 20 heavy (non-hydrogen) atoms. The average Bonchev–Trinajstić information content (AvgIpc) is 2.76. The molecule has 4 nitrogen and oxygen atoms in total. The molecule has 1 aromatic heterocycles. The van der Waals surface area contributed by atoms with Crippen LogP contribution in [0, 0.1) is 0 Å². The van der Waals surface area contributed by atoms with E-state index in [1.165, 1.54) is 37.9 Å². The van der Waals surface area contributed by atoms with Crippen LogP contribution >= 0.6 is 0 Å². The Kier molecular flexibility index (Phi) is 3.47. The molecule has 0 unspecified atom stereocenters. The molecule has 1 aliphatic carbocycles. The van der Waals surface area contributed by atoms with Gasteiger partial charge in [0.05, 0.1) is 17.5 Å². The van der Waals surface area contributed by atoms with E-state index < -0.39 is 0 Å². The number of benzene rings is 1. The molecule has 1 heterocycles. The van der Waals surface area contributed by atoms with Crippen molar-refractivity contribution in [3.05, 3.63) is 29.6 Å². The van der Waals surface area contributed by atoms with Crippen LogP contribution in [0.1, 0.15) is 49.4 Å². The van der Waals surface area contributed by atoms with Crippen molar-refractivity contribution in [1.82, 2.24) is 9.55 Å². The Morgan fingerprint density at radius 3 is 2.80 bits per heavy atom. The van der Waals surface area contributed by atoms with Crippen LogP contribution in [0.2, 0.25) is 0 Å². The molecule has 0 atom stereocenters. The number of hydrogen-bond acceptors (Lipinski definition) is 2. The summed E-state index contributed by atoms with van der Waals surface area (Å²) < 4.78 is 2.21. The summed E-state index contributed by atoms with van der Waals surface area (Å²) in [6.07, 6.45) is 6.73. The zero-order valence-electron chi connectivity index (χ0n) is 11.9. The van der Waals surface area contributed by atoms with Crippen LogP contribution in [-0.4, -0.2) is 15.5 Å². The highest BCUT2D eigenvalue weighted by Crippen LogP contribution is 2.33. The topological polar surface area (TPSA) is 60.9 Å². The second kappa shape index (κ2) is 5.27. The molecule has 1 amide bonds. The minimum Gasteiger partial charge on any atom is -0.369 e. The summed E-state index contributed by atoms with van der Waals surface area (Å²) in [6, 6.07) is 6.01. The van der Waals surface area contributed by atoms with Crippen molar-refractivity contribution >= 4 is 16.9 Å². The van der Waals surface area contributed by atoms with Crippen molar-refractivity contribution in [3.8, 4) is 0 Å². The van der Waals surface area contributed by atoms with E-state index in [4.69, 9.17) is 10.7 Å². The van der Waals surface area contributed by atoms with Gasteiger partial charge in [0.15, 0.2) is 0 Å². The van der Waals surface area contributed by atoms with Crippen molar-refractivity contribution in [1.29, 1.82) is 0 Å². The van der Waals surface area contributed by atoms with Gasteiger partial charge in [-0.2, -0.15) is 0 Å². The van der Waals surface area contributed by atoms with Crippen molar-refractivity contribution in [2.24, 2.45) is 12.8 Å². The van der Waals surface area contributed by atoms with E-state index in [1.807, 2.05) is 18.2 Å². The third kappa shape index (κ3) is 2.42. The number of primary amides is 1. The highest BCUT2D eigenvalue weighted by molar-refractivity contribution is 5.81. The van der Waals surface area contributed by atoms with Crippen molar-refractivity contribution in [2.45, 2.75) is 44.4 Å². The normalized spacial score (nSPS) is 16.6. The van der Waals surface area contributed by atoms with Gasteiger partial charge < -0.3 is 10.3 Å². The number of nitrogens with zero attached hydrogens (tertiary/aromatic N) is 2. The third-order valence-electron chi connectivity index (χ3n) is 4.33. The van der Waals surface area contributed by atoms with Crippen LogP contribution in [0.3, 0.4) is 0 Å². The fraction of sp³-hybridized carbons (Fsp3) is 0.500. The van der Waals surface area contributed by atoms with E-state index >= 15 is 0 Å². The van der Waals surface area contributed by atoms with Gasteiger partial charge in [-0.15, -0.1) is 0 Å². The molecule has 1 saturated carbocycles.